The Morgan fingerprint density at radius 2 is 1.84 bits per heavy atom. The second-order valence-electron chi connectivity index (χ2n) is 6.33. The summed E-state index contributed by atoms with van der Waals surface area (Å²) in [6.45, 7) is 8.20. The Kier molecular flexibility index (Phi) is 7.40. The van der Waals surface area contributed by atoms with E-state index >= 15 is 0 Å². The Labute approximate surface area is 151 Å². The van der Waals surface area contributed by atoms with Gasteiger partial charge in [-0.05, 0) is 31.2 Å². The largest absolute Gasteiger partial charge is 0.352 e. The average molecular weight is 368 g/mol. The molecule has 1 heterocycles. The van der Waals surface area contributed by atoms with E-state index in [1.54, 1.807) is 18.2 Å². The van der Waals surface area contributed by atoms with Crippen molar-refractivity contribution in [2.24, 2.45) is 0 Å². The molecule has 1 saturated heterocycles. The average Bonchev–Trinajstić information content (AvgIpc) is 2.65. The molecule has 0 aromatic heterocycles. The number of carbonyl (C=O) groups is 1. The van der Waals surface area contributed by atoms with E-state index in [2.05, 4.69) is 24.1 Å². The summed E-state index contributed by atoms with van der Waals surface area (Å²) < 4.78 is 27.2. The van der Waals surface area contributed by atoms with Gasteiger partial charge in [0.05, 0.1) is 4.90 Å². The van der Waals surface area contributed by atoms with Gasteiger partial charge in [0.25, 0.3) is 5.91 Å². The minimum absolute atomic E-state index is 0.193. The summed E-state index contributed by atoms with van der Waals surface area (Å²) in [4.78, 5) is 14.6. The van der Waals surface area contributed by atoms with Gasteiger partial charge in [0.15, 0.2) is 0 Å². The van der Waals surface area contributed by atoms with Crippen LogP contribution in [0.4, 0.5) is 0 Å². The van der Waals surface area contributed by atoms with Crippen LogP contribution in [0.2, 0.25) is 0 Å². The molecule has 0 saturated carbocycles. The van der Waals surface area contributed by atoms with Gasteiger partial charge in [-0.15, -0.1) is 0 Å². The molecule has 0 spiro atoms. The third-order valence-electron chi connectivity index (χ3n) is 4.58. The summed E-state index contributed by atoms with van der Waals surface area (Å²) in [6, 6.07) is 6.34. The van der Waals surface area contributed by atoms with Crippen molar-refractivity contribution in [1.82, 2.24) is 14.5 Å². The van der Waals surface area contributed by atoms with Crippen LogP contribution in [0, 0.1) is 0 Å². The summed E-state index contributed by atoms with van der Waals surface area (Å²) in [5.74, 6) is -0.219. The van der Waals surface area contributed by atoms with Crippen LogP contribution in [-0.2, 0) is 10.0 Å². The number of carbonyl (C=O) groups excluding carboxylic acids is 1. The van der Waals surface area contributed by atoms with Crippen LogP contribution in [0.15, 0.2) is 29.2 Å². The molecule has 0 bridgehead atoms. The molecule has 7 heteroatoms. The van der Waals surface area contributed by atoms with E-state index < -0.39 is 10.0 Å². The number of benzene rings is 1. The van der Waals surface area contributed by atoms with Gasteiger partial charge in [-0.1, -0.05) is 32.8 Å². The smallest absolute Gasteiger partial charge is 0.251 e. The summed E-state index contributed by atoms with van der Waals surface area (Å²) in [7, 11) is -3.55. The number of amides is 1. The summed E-state index contributed by atoms with van der Waals surface area (Å²) in [6.07, 6.45) is 3.09. The predicted octanol–water partition coefficient (Wildman–Crippen LogP) is 1.93. The molecule has 0 atom stereocenters. The number of unbranched alkanes of at least 4 members (excludes halogenated alkanes) is 2. The summed E-state index contributed by atoms with van der Waals surface area (Å²) >= 11 is 0. The highest BCUT2D eigenvalue weighted by atomic mass is 32.2. The van der Waals surface area contributed by atoms with E-state index in [1.807, 2.05) is 0 Å². The number of likely N-dealkylation sites (N-methyl/N-ethyl adjacent to an activating group) is 1. The van der Waals surface area contributed by atoms with Crippen molar-refractivity contribution in [1.29, 1.82) is 0 Å². The van der Waals surface area contributed by atoms with E-state index in [0.717, 1.165) is 38.9 Å². The zero-order chi connectivity index (χ0) is 18.3. The zero-order valence-electron chi connectivity index (χ0n) is 15.2. The molecule has 2 rings (SSSR count). The lowest BCUT2D eigenvalue weighted by atomic mass is 10.2. The molecule has 25 heavy (non-hydrogen) atoms. The van der Waals surface area contributed by atoms with Gasteiger partial charge < -0.3 is 10.2 Å². The van der Waals surface area contributed by atoms with Crippen LogP contribution < -0.4 is 5.32 Å². The molecule has 1 aliphatic rings. The van der Waals surface area contributed by atoms with Crippen molar-refractivity contribution in [3.63, 3.8) is 0 Å². The maximum atomic E-state index is 12.8. The molecule has 140 valence electrons. The number of sulfonamides is 1. The lowest BCUT2D eigenvalue weighted by Crippen LogP contribution is -2.48. The number of nitrogens with zero attached hydrogens (tertiary/aromatic N) is 2. The standard InChI is InChI=1S/C18H29N3O3S/c1-3-5-6-10-19-18(22)16-8-7-9-17(15-16)25(23,24)21-13-11-20(4-2)12-14-21/h7-9,15H,3-6,10-14H2,1-2H3,(H,19,22). The first-order valence-electron chi connectivity index (χ1n) is 9.09. The van der Waals surface area contributed by atoms with Crippen LogP contribution in [0.1, 0.15) is 43.5 Å². The molecule has 0 aliphatic carbocycles. The minimum atomic E-state index is -3.55. The Bertz CT molecular complexity index is 668. The van der Waals surface area contributed by atoms with Crippen molar-refractivity contribution in [2.75, 3.05) is 39.3 Å². The lowest BCUT2D eigenvalue weighted by Gasteiger charge is -2.33. The maximum Gasteiger partial charge on any atom is 0.251 e. The fraction of sp³-hybridized carbons (Fsp3) is 0.611. The first-order valence-corrected chi connectivity index (χ1v) is 10.5. The normalized spacial score (nSPS) is 16.7. The van der Waals surface area contributed by atoms with Gasteiger partial charge in [0.2, 0.25) is 10.0 Å². The van der Waals surface area contributed by atoms with Crippen molar-refractivity contribution in [2.45, 2.75) is 38.0 Å². The number of rotatable bonds is 8. The van der Waals surface area contributed by atoms with Crippen LogP contribution in [0.3, 0.4) is 0 Å². The summed E-state index contributed by atoms with van der Waals surface area (Å²) in [5, 5.41) is 2.85. The number of hydrogen-bond acceptors (Lipinski definition) is 4. The number of nitrogens with one attached hydrogen (secondary N) is 1. The molecule has 1 aromatic rings. The molecule has 1 amide bonds. The van der Waals surface area contributed by atoms with Crippen molar-refractivity contribution >= 4 is 15.9 Å². The van der Waals surface area contributed by atoms with Crippen molar-refractivity contribution in [3.8, 4) is 0 Å². The van der Waals surface area contributed by atoms with Crippen LogP contribution >= 0.6 is 0 Å². The fourth-order valence-electron chi connectivity index (χ4n) is 2.91. The molecule has 0 radical (unpaired) electrons. The molecule has 0 unspecified atom stereocenters. The first-order chi connectivity index (χ1) is 12.0. The topological polar surface area (TPSA) is 69.7 Å². The minimum Gasteiger partial charge on any atom is -0.352 e. The van der Waals surface area contributed by atoms with Crippen molar-refractivity contribution in [3.05, 3.63) is 29.8 Å². The molecule has 1 N–H and O–H groups in total. The molecular weight excluding hydrogens is 338 g/mol. The Balaban J connectivity index is 2.05. The molecule has 6 nitrogen and oxygen atoms in total. The van der Waals surface area contributed by atoms with E-state index in [1.165, 1.54) is 10.4 Å². The molecular formula is C18H29N3O3S. The SMILES string of the molecule is CCCCCNC(=O)c1cccc(S(=O)(=O)N2CCN(CC)CC2)c1. The molecule has 1 aliphatic heterocycles. The highest BCUT2D eigenvalue weighted by molar-refractivity contribution is 7.89. The molecule has 1 fully saturated rings. The summed E-state index contributed by atoms with van der Waals surface area (Å²) in [5.41, 5.74) is 0.393. The van der Waals surface area contributed by atoms with E-state index in [9.17, 15) is 13.2 Å². The third-order valence-corrected chi connectivity index (χ3v) is 6.47. The van der Waals surface area contributed by atoms with Gasteiger partial charge in [-0.3, -0.25) is 4.79 Å². The van der Waals surface area contributed by atoms with Gasteiger partial charge in [-0.2, -0.15) is 4.31 Å². The predicted molar refractivity (Wildman–Crippen MR) is 99.2 cm³/mol. The second-order valence-corrected chi connectivity index (χ2v) is 8.27. The highest BCUT2D eigenvalue weighted by Gasteiger charge is 2.28. The quantitative estimate of drug-likeness (QED) is 0.713. The van der Waals surface area contributed by atoms with Gasteiger partial charge >= 0.3 is 0 Å². The fourth-order valence-corrected chi connectivity index (χ4v) is 4.38. The molecule has 1 aromatic carbocycles. The first kappa shape index (κ1) is 19.9. The Hall–Kier alpha value is -1.44. The van der Waals surface area contributed by atoms with E-state index in [4.69, 9.17) is 0 Å². The zero-order valence-corrected chi connectivity index (χ0v) is 16.0. The lowest BCUT2D eigenvalue weighted by molar-refractivity contribution is 0.0952. The van der Waals surface area contributed by atoms with Gasteiger partial charge in [0, 0.05) is 38.3 Å². The Morgan fingerprint density at radius 3 is 2.48 bits per heavy atom. The monoisotopic (exact) mass is 367 g/mol. The van der Waals surface area contributed by atoms with E-state index in [-0.39, 0.29) is 10.8 Å². The van der Waals surface area contributed by atoms with E-state index in [0.29, 0.717) is 25.2 Å². The van der Waals surface area contributed by atoms with Crippen molar-refractivity contribution < 1.29 is 13.2 Å². The Morgan fingerprint density at radius 1 is 1.12 bits per heavy atom. The number of hydrogen-bond donors (Lipinski definition) is 1. The van der Waals surface area contributed by atoms with Crippen LogP contribution in [0.5, 0.6) is 0 Å². The van der Waals surface area contributed by atoms with Gasteiger partial charge in [-0.25, -0.2) is 8.42 Å². The highest BCUT2D eigenvalue weighted by Crippen LogP contribution is 2.19. The van der Waals surface area contributed by atoms with Crippen LogP contribution in [0.25, 0.3) is 0 Å². The van der Waals surface area contributed by atoms with Crippen LogP contribution in [-0.4, -0.2) is 62.8 Å². The van der Waals surface area contributed by atoms with Gasteiger partial charge in [0.1, 0.15) is 0 Å². The second kappa shape index (κ2) is 9.31. The number of piperazine rings is 1. The third kappa shape index (κ3) is 5.26. The maximum absolute atomic E-state index is 12.8.